The van der Waals surface area contributed by atoms with Gasteiger partial charge in [0.25, 0.3) is 0 Å². The summed E-state index contributed by atoms with van der Waals surface area (Å²) in [6.07, 6.45) is 0.315. The Kier molecular flexibility index (Phi) is 4.51. The van der Waals surface area contributed by atoms with Crippen LogP contribution in [0.3, 0.4) is 0 Å². The molecule has 24 heavy (non-hydrogen) atoms. The molecule has 3 amide bonds. The molecule has 0 aromatic heterocycles. The molecule has 1 aliphatic heterocycles. The summed E-state index contributed by atoms with van der Waals surface area (Å²) in [5, 5.41) is 5.66. The molecule has 1 aliphatic rings. The summed E-state index contributed by atoms with van der Waals surface area (Å²) in [5.41, 5.74) is 3.89. The van der Waals surface area contributed by atoms with E-state index < -0.39 is 0 Å². The minimum Gasteiger partial charge on any atom is -0.333 e. The lowest BCUT2D eigenvalue weighted by Gasteiger charge is -2.17. The van der Waals surface area contributed by atoms with Crippen LogP contribution in [0.5, 0.6) is 0 Å². The van der Waals surface area contributed by atoms with Crippen molar-refractivity contribution in [2.24, 2.45) is 0 Å². The lowest BCUT2D eigenvalue weighted by Crippen LogP contribution is -2.39. The van der Waals surface area contributed by atoms with Crippen molar-refractivity contribution in [1.82, 2.24) is 5.32 Å². The quantitative estimate of drug-likeness (QED) is 0.911. The number of anilines is 2. The number of nitrogens with zero attached hydrogens (tertiary/aromatic N) is 1. The monoisotopic (exact) mass is 323 g/mol. The Morgan fingerprint density at radius 2 is 1.58 bits per heavy atom. The molecule has 0 spiro atoms. The van der Waals surface area contributed by atoms with E-state index in [0.717, 1.165) is 22.5 Å². The standard InChI is InChI=1S/C19H21N3O2/c1-13-3-7-15(8-4-13)20-19(24)21-16-11-18(23)22(12-16)17-9-5-14(2)6-10-17/h3-10,16H,11-12H2,1-2H3,(H2,20,21,24). The molecule has 1 fully saturated rings. The maximum absolute atomic E-state index is 12.2. The highest BCUT2D eigenvalue weighted by atomic mass is 16.2. The molecule has 0 bridgehead atoms. The van der Waals surface area contributed by atoms with Gasteiger partial charge in [0.15, 0.2) is 0 Å². The van der Waals surface area contributed by atoms with E-state index in [2.05, 4.69) is 10.6 Å². The largest absolute Gasteiger partial charge is 0.333 e. The molecule has 5 heteroatoms. The average molecular weight is 323 g/mol. The van der Waals surface area contributed by atoms with Crippen molar-refractivity contribution < 1.29 is 9.59 Å². The molecule has 3 rings (SSSR count). The Morgan fingerprint density at radius 3 is 2.21 bits per heavy atom. The second-order valence-electron chi connectivity index (χ2n) is 6.21. The number of urea groups is 1. The van der Waals surface area contributed by atoms with E-state index in [9.17, 15) is 9.59 Å². The number of nitrogens with one attached hydrogen (secondary N) is 2. The lowest BCUT2D eigenvalue weighted by molar-refractivity contribution is -0.117. The van der Waals surface area contributed by atoms with Gasteiger partial charge in [-0.25, -0.2) is 4.79 Å². The van der Waals surface area contributed by atoms with Gasteiger partial charge in [-0.15, -0.1) is 0 Å². The maximum Gasteiger partial charge on any atom is 0.319 e. The average Bonchev–Trinajstić information content (AvgIpc) is 2.90. The van der Waals surface area contributed by atoms with Crippen LogP contribution in [0.4, 0.5) is 16.2 Å². The molecule has 1 atom stereocenters. The van der Waals surface area contributed by atoms with E-state index in [-0.39, 0.29) is 18.0 Å². The number of aryl methyl sites for hydroxylation is 2. The van der Waals surface area contributed by atoms with Crippen molar-refractivity contribution in [2.45, 2.75) is 26.3 Å². The Labute approximate surface area is 141 Å². The van der Waals surface area contributed by atoms with Crippen molar-refractivity contribution in [3.05, 3.63) is 59.7 Å². The lowest BCUT2D eigenvalue weighted by atomic mass is 10.2. The van der Waals surface area contributed by atoms with Gasteiger partial charge in [-0.05, 0) is 38.1 Å². The van der Waals surface area contributed by atoms with E-state index in [1.807, 2.05) is 62.4 Å². The number of benzene rings is 2. The van der Waals surface area contributed by atoms with E-state index in [0.29, 0.717) is 13.0 Å². The first-order chi connectivity index (χ1) is 11.5. The molecule has 1 heterocycles. The minimum atomic E-state index is -0.289. The van der Waals surface area contributed by atoms with E-state index in [4.69, 9.17) is 0 Å². The van der Waals surface area contributed by atoms with Crippen molar-refractivity contribution in [3.8, 4) is 0 Å². The number of hydrogen-bond acceptors (Lipinski definition) is 2. The topological polar surface area (TPSA) is 61.4 Å². The van der Waals surface area contributed by atoms with Crippen LogP contribution in [0, 0.1) is 13.8 Å². The van der Waals surface area contributed by atoms with Crippen LogP contribution in [0.15, 0.2) is 48.5 Å². The third-order valence-corrected chi connectivity index (χ3v) is 4.12. The fourth-order valence-electron chi connectivity index (χ4n) is 2.77. The van der Waals surface area contributed by atoms with Crippen LogP contribution in [0.25, 0.3) is 0 Å². The molecule has 5 nitrogen and oxygen atoms in total. The number of hydrogen-bond donors (Lipinski definition) is 2. The van der Waals surface area contributed by atoms with Gasteiger partial charge in [0.1, 0.15) is 0 Å². The zero-order chi connectivity index (χ0) is 17.1. The summed E-state index contributed by atoms with van der Waals surface area (Å²) in [6, 6.07) is 14.9. The van der Waals surface area contributed by atoms with Gasteiger partial charge in [-0.1, -0.05) is 35.4 Å². The number of amides is 3. The van der Waals surface area contributed by atoms with Gasteiger partial charge in [-0.3, -0.25) is 4.79 Å². The fraction of sp³-hybridized carbons (Fsp3) is 0.263. The van der Waals surface area contributed by atoms with Crippen molar-refractivity contribution >= 4 is 23.3 Å². The summed E-state index contributed by atoms with van der Waals surface area (Å²) in [5.74, 6) is 0.0273. The van der Waals surface area contributed by atoms with Crippen LogP contribution in [0.2, 0.25) is 0 Å². The second-order valence-corrected chi connectivity index (χ2v) is 6.21. The normalized spacial score (nSPS) is 17.0. The van der Waals surface area contributed by atoms with Crippen molar-refractivity contribution in [3.63, 3.8) is 0 Å². The van der Waals surface area contributed by atoms with Gasteiger partial charge in [0.05, 0.1) is 6.04 Å². The molecule has 0 saturated carbocycles. The summed E-state index contributed by atoms with van der Waals surface area (Å²) in [7, 11) is 0. The van der Waals surface area contributed by atoms with Crippen molar-refractivity contribution in [2.75, 3.05) is 16.8 Å². The van der Waals surface area contributed by atoms with Gasteiger partial charge < -0.3 is 15.5 Å². The second kappa shape index (κ2) is 6.74. The van der Waals surface area contributed by atoms with Crippen LogP contribution in [-0.4, -0.2) is 24.5 Å². The van der Waals surface area contributed by atoms with Gasteiger partial charge in [0, 0.05) is 24.3 Å². The first-order valence-corrected chi connectivity index (χ1v) is 8.02. The molecule has 1 unspecified atom stereocenters. The molecule has 1 saturated heterocycles. The van der Waals surface area contributed by atoms with Crippen LogP contribution < -0.4 is 15.5 Å². The summed E-state index contributed by atoms with van der Waals surface area (Å²) in [4.78, 5) is 26.0. The van der Waals surface area contributed by atoms with E-state index >= 15 is 0 Å². The molecule has 0 aliphatic carbocycles. The van der Waals surface area contributed by atoms with E-state index in [1.54, 1.807) is 4.90 Å². The molecule has 2 aromatic carbocycles. The highest BCUT2D eigenvalue weighted by Gasteiger charge is 2.31. The van der Waals surface area contributed by atoms with Crippen LogP contribution in [0.1, 0.15) is 17.5 Å². The number of carbonyl (C=O) groups excluding carboxylic acids is 2. The smallest absolute Gasteiger partial charge is 0.319 e. The Morgan fingerprint density at radius 1 is 1.00 bits per heavy atom. The predicted octanol–water partition coefficient (Wildman–Crippen LogP) is 3.23. The first kappa shape index (κ1) is 16.1. The molecule has 0 radical (unpaired) electrons. The number of carbonyl (C=O) groups is 2. The Bertz CT molecular complexity index is 738. The number of rotatable bonds is 3. The Hall–Kier alpha value is -2.82. The summed E-state index contributed by atoms with van der Waals surface area (Å²) < 4.78 is 0. The maximum atomic E-state index is 12.2. The SMILES string of the molecule is Cc1ccc(NC(=O)NC2CC(=O)N(c3ccc(C)cc3)C2)cc1. The summed E-state index contributed by atoms with van der Waals surface area (Å²) in [6.45, 7) is 4.49. The Balaban J connectivity index is 1.58. The summed E-state index contributed by atoms with van der Waals surface area (Å²) >= 11 is 0. The van der Waals surface area contributed by atoms with Crippen molar-refractivity contribution in [1.29, 1.82) is 0 Å². The van der Waals surface area contributed by atoms with Gasteiger partial charge in [-0.2, -0.15) is 0 Å². The predicted molar refractivity (Wildman–Crippen MR) is 95.3 cm³/mol. The highest BCUT2D eigenvalue weighted by Crippen LogP contribution is 2.22. The first-order valence-electron chi connectivity index (χ1n) is 8.02. The van der Waals surface area contributed by atoms with E-state index in [1.165, 1.54) is 0 Å². The zero-order valence-electron chi connectivity index (χ0n) is 13.9. The molecular formula is C19H21N3O2. The third kappa shape index (κ3) is 3.74. The molecular weight excluding hydrogens is 302 g/mol. The molecule has 2 N–H and O–H groups in total. The third-order valence-electron chi connectivity index (χ3n) is 4.12. The van der Waals surface area contributed by atoms with Gasteiger partial charge >= 0.3 is 6.03 Å². The molecule has 124 valence electrons. The van der Waals surface area contributed by atoms with Gasteiger partial charge in [0.2, 0.25) is 5.91 Å². The van der Waals surface area contributed by atoms with Crippen LogP contribution in [-0.2, 0) is 4.79 Å². The highest BCUT2D eigenvalue weighted by molar-refractivity contribution is 5.97. The van der Waals surface area contributed by atoms with Crippen LogP contribution >= 0.6 is 0 Å². The fourth-order valence-corrected chi connectivity index (χ4v) is 2.77. The zero-order valence-corrected chi connectivity index (χ0v) is 13.9. The minimum absolute atomic E-state index is 0.0273. The molecule has 2 aromatic rings.